The number of carbonyl (C=O) groups excluding carboxylic acids is 1. The number of methoxy groups -OCH3 is 2. The topological polar surface area (TPSA) is 84.9 Å². The lowest BCUT2D eigenvalue weighted by Crippen LogP contribution is -2.40. The van der Waals surface area contributed by atoms with Crippen LogP contribution in [0.3, 0.4) is 0 Å². The summed E-state index contributed by atoms with van der Waals surface area (Å²) in [7, 11) is -1.36. The second-order valence-electron chi connectivity index (χ2n) is 8.40. The normalized spacial score (nSPS) is 11.2. The van der Waals surface area contributed by atoms with Crippen LogP contribution in [-0.2, 0) is 21.4 Å². The SMILES string of the molecule is COc1ccc(N(CC(=O)NCc2cccc3ccccc23)S(=O)(=O)c2cc(C)ccc2OC)cc1Cl. The molecule has 37 heavy (non-hydrogen) atoms. The van der Waals surface area contributed by atoms with Crippen molar-refractivity contribution in [3.8, 4) is 11.5 Å². The average molecular weight is 539 g/mol. The number of halogens is 1. The number of hydrogen-bond donors (Lipinski definition) is 1. The van der Waals surface area contributed by atoms with Gasteiger partial charge in [0.05, 0.1) is 24.9 Å². The number of ether oxygens (including phenoxy) is 2. The Morgan fingerprint density at radius 3 is 2.35 bits per heavy atom. The zero-order valence-corrected chi connectivity index (χ0v) is 22.3. The number of rotatable bonds is 9. The van der Waals surface area contributed by atoms with Gasteiger partial charge in [0.15, 0.2) is 0 Å². The summed E-state index contributed by atoms with van der Waals surface area (Å²) in [5.41, 5.74) is 1.87. The maximum atomic E-state index is 13.9. The first-order valence-corrected chi connectivity index (χ1v) is 13.3. The lowest BCUT2D eigenvalue weighted by molar-refractivity contribution is -0.119. The van der Waals surface area contributed by atoms with E-state index in [0.29, 0.717) is 5.75 Å². The molecule has 0 aliphatic carbocycles. The van der Waals surface area contributed by atoms with Crippen LogP contribution in [0.1, 0.15) is 11.1 Å². The van der Waals surface area contributed by atoms with Crippen molar-refractivity contribution < 1.29 is 22.7 Å². The van der Waals surface area contributed by atoms with Crippen LogP contribution in [0.2, 0.25) is 5.02 Å². The van der Waals surface area contributed by atoms with E-state index >= 15 is 0 Å². The molecule has 1 amide bonds. The lowest BCUT2D eigenvalue weighted by Gasteiger charge is -2.25. The highest BCUT2D eigenvalue weighted by atomic mass is 35.5. The van der Waals surface area contributed by atoms with Gasteiger partial charge < -0.3 is 14.8 Å². The molecule has 0 fully saturated rings. The number of carbonyl (C=O) groups is 1. The molecule has 4 rings (SSSR count). The van der Waals surface area contributed by atoms with Crippen molar-refractivity contribution >= 4 is 44.0 Å². The molecule has 9 heteroatoms. The van der Waals surface area contributed by atoms with Crippen molar-refractivity contribution in [2.45, 2.75) is 18.4 Å². The van der Waals surface area contributed by atoms with Gasteiger partial charge in [-0.1, -0.05) is 60.1 Å². The van der Waals surface area contributed by atoms with E-state index in [1.165, 1.54) is 26.4 Å². The van der Waals surface area contributed by atoms with Crippen LogP contribution in [0.15, 0.2) is 83.8 Å². The fraction of sp³-hybridized carbons (Fsp3) is 0.179. The Morgan fingerprint density at radius 2 is 1.62 bits per heavy atom. The second kappa shape index (κ2) is 11.1. The van der Waals surface area contributed by atoms with Gasteiger partial charge >= 0.3 is 0 Å². The molecule has 0 aliphatic heterocycles. The van der Waals surface area contributed by atoms with E-state index in [9.17, 15) is 13.2 Å². The van der Waals surface area contributed by atoms with Gasteiger partial charge in [-0.25, -0.2) is 8.42 Å². The lowest BCUT2D eigenvalue weighted by atomic mass is 10.0. The van der Waals surface area contributed by atoms with E-state index < -0.39 is 22.5 Å². The maximum Gasteiger partial charge on any atom is 0.268 e. The molecule has 0 saturated heterocycles. The van der Waals surface area contributed by atoms with E-state index in [1.54, 1.807) is 31.2 Å². The quantitative estimate of drug-likeness (QED) is 0.311. The minimum atomic E-state index is -4.22. The number of fused-ring (bicyclic) bond motifs is 1. The van der Waals surface area contributed by atoms with Crippen LogP contribution < -0.4 is 19.1 Å². The molecule has 7 nitrogen and oxygen atoms in total. The molecule has 0 atom stereocenters. The number of sulfonamides is 1. The summed E-state index contributed by atoms with van der Waals surface area (Å²) in [6.07, 6.45) is 0. The molecule has 0 saturated carbocycles. The van der Waals surface area contributed by atoms with Gasteiger partial charge in [-0.2, -0.15) is 0 Å². The van der Waals surface area contributed by atoms with E-state index in [2.05, 4.69) is 5.32 Å². The van der Waals surface area contributed by atoms with Gasteiger partial charge in [0.25, 0.3) is 10.0 Å². The van der Waals surface area contributed by atoms with Crippen LogP contribution in [-0.4, -0.2) is 35.1 Å². The van der Waals surface area contributed by atoms with Crippen molar-refractivity contribution in [1.29, 1.82) is 0 Å². The summed E-state index contributed by atoms with van der Waals surface area (Å²) in [5, 5.41) is 5.14. The van der Waals surface area contributed by atoms with E-state index in [-0.39, 0.29) is 27.9 Å². The van der Waals surface area contributed by atoms with Crippen molar-refractivity contribution in [1.82, 2.24) is 5.32 Å². The molecule has 0 radical (unpaired) electrons. The van der Waals surface area contributed by atoms with Gasteiger partial charge in [-0.05, 0) is 59.2 Å². The molecule has 4 aromatic carbocycles. The highest BCUT2D eigenvalue weighted by Crippen LogP contribution is 2.34. The molecule has 0 heterocycles. The monoisotopic (exact) mass is 538 g/mol. The Kier molecular flexibility index (Phi) is 7.90. The zero-order chi connectivity index (χ0) is 26.6. The van der Waals surface area contributed by atoms with E-state index in [4.69, 9.17) is 21.1 Å². The Morgan fingerprint density at radius 1 is 0.919 bits per heavy atom. The van der Waals surface area contributed by atoms with E-state index in [1.807, 2.05) is 42.5 Å². The summed E-state index contributed by atoms with van der Waals surface area (Å²) in [5.74, 6) is 0.0812. The molecule has 1 N–H and O–H groups in total. The fourth-order valence-corrected chi connectivity index (χ4v) is 5.96. The third-order valence-corrected chi connectivity index (χ3v) is 8.04. The fourth-order valence-electron chi connectivity index (χ4n) is 4.06. The van der Waals surface area contributed by atoms with Crippen molar-refractivity contribution in [2.75, 3.05) is 25.1 Å². The number of aryl methyl sites for hydroxylation is 1. The summed E-state index contributed by atoms with van der Waals surface area (Å²) in [6.45, 7) is 1.56. The highest BCUT2D eigenvalue weighted by Gasteiger charge is 2.30. The molecule has 0 unspecified atom stereocenters. The smallest absolute Gasteiger partial charge is 0.268 e. The van der Waals surface area contributed by atoms with E-state index in [0.717, 1.165) is 26.2 Å². The summed E-state index contributed by atoms with van der Waals surface area (Å²) < 4.78 is 39.4. The maximum absolute atomic E-state index is 13.9. The Labute approximate surface area is 221 Å². The Hall–Kier alpha value is -3.75. The first kappa shape index (κ1) is 26.3. The number of nitrogens with one attached hydrogen (secondary N) is 1. The second-order valence-corrected chi connectivity index (χ2v) is 10.6. The van der Waals surface area contributed by atoms with Crippen LogP contribution in [0.4, 0.5) is 5.69 Å². The molecule has 0 bridgehead atoms. The molecule has 4 aromatic rings. The number of nitrogens with zero attached hydrogens (tertiary/aromatic N) is 1. The first-order valence-electron chi connectivity index (χ1n) is 11.5. The number of benzene rings is 4. The molecule has 192 valence electrons. The van der Waals surface area contributed by atoms with Gasteiger partial charge in [-0.3, -0.25) is 9.10 Å². The van der Waals surface area contributed by atoms with Gasteiger partial charge in [0, 0.05) is 6.54 Å². The predicted octanol–water partition coefficient (Wildman–Crippen LogP) is 5.33. The molecular weight excluding hydrogens is 512 g/mol. The number of hydrogen-bond acceptors (Lipinski definition) is 5. The molecular formula is C28H27ClN2O5S. The van der Waals surface area contributed by atoms with Crippen LogP contribution in [0, 0.1) is 6.92 Å². The van der Waals surface area contributed by atoms with Crippen LogP contribution in [0.5, 0.6) is 11.5 Å². The largest absolute Gasteiger partial charge is 0.495 e. The number of amides is 1. The Bertz CT molecular complexity index is 1550. The number of anilines is 1. The minimum Gasteiger partial charge on any atom is -0.495 e. The first-order chi connectivity index (χ1) is 17.7. The van der Waals surface area contributed by atoms with Crippen LogP contribution >= 0.6 is 11.6 Å². The predicted molar refractivity (Wildman–Crippen MR) is 146 cm³/mol. The zero-order valence-electron chi connectivity index (χ0n) is 20.7. The standard InChI is InChI=1S/C28H27ClN2O5S/c1-19-11-13-26(36-3)27(15-19)37(33,34)31(22-12-14-25(35-2)24(29)16-22)18-28(32)30-17-21-9-6-8-20-7-4-5-10-23(20)21/h4-16H,17-18H2,1-3H3,(H,30,32). The van der Waals surface area contributed by atoms with Crippen molar-refractivity contribution in [3.05, 3.63) is 95.0 Å². The van der Waals surface area contributed by atoms with Crippen molar-refractivity contribution in [2.24, 2.45) is 0 Å². The third-order valence-electron chi connectivity index (χ3n) is 5.95. The third kappa shape index (κ3) is 5.65. The van der Waals surface area contributed by atoms with Gasteiger partial charge in [0.2, 0.25) is 5.91 Å². The molecule has 0 aliphatic rings. The summed E-state index contributed by atoms with van der Waals surface area (Å²) >= 11 is 6.31. The summed E-state index contributed by atoms with van der Waals surface area (Å²) in [4.78, 5) is 13.1. The van der Waals surface area contributed by atoms with Gasteiger partial charge in [-0.15, -0.1) is 0 Å². The molecule has 0 spiro atoms. The summed E-state index contributed by atoms with van der Waals surface area (Å²) in [6, 6.07) is 23.1. The average Bonchev–Trinajstić information content (AvgIpc) is 2.90. The van der Waals surface area contributed by atoms with Crippen molar-refractivity contribution in [3.63, 3.8) is 0 Å². The highest BCUT2D eigenvalue weighted by molar-refractivity contribution is 7.93. The minimum absolute atomic E-state index is 0.0520. The Balaban J connectivity index is 1.68. The van der Waals surface area contributed by atoms with Crippen LogP contribution in [0.25, 0.3) is 10.8 Å². The van der Waals surface area contributed by atoms with Gasteiger partial charge in [0.1, 0.15) is 22.9 Å². The molecule has 0 aromatic heterocycles.